The number of nitrogens with one attached hydrogen (secondary N) is 1. The fourth-order valence-corrected chi connectivity index (χ4v) is 1.94. The molecule has 1 atom stereocenters. The molecule has 104 valence electrons. The Morgan fingerprint density at radius 2 is 1.89 bits per heavy atom. The zero-order valence-electron chi connectivity index (χ0n) is 11.5. The van der Waals surface area contributed by atoms with Crippen LogP contribution in [0.15, 0.2) is 30.3 Å². The van der Waals surface area contributed by atoms with Crippen molar-refractivity contribution in [3.63, 3.8) is 0 Å². The van der Waals surface area contributed by atoms with Gasteiger partial charge in [0, 0.05) is 6.42 Å². The molecule has 1 amide bonds. The Labute approximate surface area is 115 Å². The third-order valence-corrected chi connectivity index (χ3v) is 2.92. The molecule has 0 aliphatic heterocycles. The van der Waals surface area contributed by atoms with Gasteiger partial charge in [-0.15, -0.1) is 0 Å². The van der Waals surface area contributed by atoms with Gasteiger partial charge >= 0.3 is 7.12 Å². The van der Waals surface area contributed by atoms with E-state index in [4.69, 9.17) is 0 Å². The van der Waals surface area contributed by atoms with E-state index in [1.165, 1.54) is 0 Å². The lowest BCUT2D eigenvalue weighted by atomic mass is 9.75. The Morgan fingerprint density at radius 1 is 1.26 bits per heavy atom. The molecule has 0 aliphatic carbocycles. The predicted molar refractivity (Wildman–Crippen MR) is 76.3 cm³/mol. The summed E-state index contributed by atoms with van der Waals surface area (Å²) in [7, 11) is -1.51. The summed E-state index contributed by atoms with van der Waals surface area (Å²) in [6.45, 7) is 3.96. The normalized spacial score (nSPS) is 12.3. The molecule has 1 unspecified atom stereocenters. The fraction of sp³-hybridized carbons (Fsp3) is 0.500. The van der Waals surface area contributed by atoms with E-state index in [1.807, 2.05) is 44.2 Å². The molecular formula is C14H22BNO3. The van der Waals surface area contributed by atoms with Gasteiger partial charge < -0.3 is 15.4 Å². The summed E-state index contributed by atoms with van der Waals surface area (Å²) < 4.78 is 0. The largest absolute Gasteiger partial charge is 0.475 e. The van der Waals surface area contributed by atoms with Gasteiger partial charge in [0.25, 0.3) is 0 Å². The first-order valence-electron chi connectivity index (χ1n) is 6.68. The highest BCUT2D eigenvalue weighted by Crippen LogP contribution is 2.07. The Hall–Kier alpha value is -1.33. The molecule has 0 heterocycles. The SMILES string of the molecule is CC(C)CC(NC(=O)CCc1ccccc1)B(O)O. The van der Waals surface area contributed by atoms with Gasteiger partial charge in [-0.1, -0.05) is 44.2 Å². The van der Waals surface area contributed by atoms with E-state index >= 15 is 0 Å². The maximum absolute atomic E-state index is 11.8. The van der Waals surface area contributed by atoms with E-state index in [1.54, 1.807) is 0 Å². The number of carbonyl (C=O) groups is 1. The van der Waals surface area contributed by atoms with Crippen LogP contribution in [-0.2, 0) is 11.2 Å². The second kappa shape index (κ2) is 7.97. The van der Waals surface area contributed by atoms with Gasteiger partial charge in [-0.25, -0.2) is 0 Å². The highest BCUT2D eigenvalue weighted by atomic mass is 16.4. The molecule has 0 radical (unpaired) electrons. The van der Waals surface area contributed by atoms with Crippen LogP contribution in [0.2, 0.25) is 0 Å². The lowest BCUT2D eigenvalue weighted by molar-refractivity contribution is -0.121. The monoisotopic (exact) mass is 263 g/mol. The van der Waals surface area contributed by atoms with Crippen LogP contribution in [0.4, 0.5) is 0 Å². The number of hydrogen-bond donors (Lipinski definition) is 3. The zero-order chi connectivity index (χ0) is 14.3. The van der Waals surface area contributed by atoms with E-state index in [-0.39, 0.29) is 5.91 Å². The minimum atomic E-state index is -1.51. The van der Waals surface area contributed by atoms with Crippen LogP contribution in [0.25, 0.3) is 0 Å². The van der Waals surface area contributed by atoms with Crippen LogP contribution in [0.3, 0.4) is 0 Å². The smallest absolute Gasteiger partial charge is 0.426 e. The Kier molecular flexibility index (Phi) is 6.60. The minimum Gasteiger partial charge on any atom is -0.426 e. The summed E-state index contributed by atoms with van der Waals surface area (Å²) >= 11 is 0. The van der Waals surface area contributed by atoms with Crippen molar-refractivity contribution in [3.8, 4) is 0 Å². The van der Waals surface area contributed by atoms with Gasteiger partial charge in [0.2, 0.25) is 5.91 Å². The standard InChI is InChI=1S/C14H22BNO3/c1-11(2)10-13(15(18)19)16-14(17)9-8-12-6-4-3-5-7-12/h3-7,11,13,18-19H,8-10H2,1-2H3,(H,16,17). The lowest BCUT2D eigenvalue weighted by Crippen LogP contribution is -2.47. The molecule has 0 aromatic heterocycles. The number of carbonyl (C=O) groups excluding carboxylic acids is 1. The Balaban J connectivity index is 2.40. The predicted octanol–water partition coefficient (Wildman–Crippen LogP) is 1.16. The molecule has 5 heteroatoms. The molecule has 1 rings (SSSR count). The van der Waals surface area contributed by atoms with E-state index in [9.17, 15) is 14.8 Å². The maximum Gasteiger partial charge on any atom is 0.475 e. The van der Waals surface area contributed by atoms with Gasteiger partial charge in [0.05, 0.1) is 5.94 Å². The summed E-state index contributed by atoms with van der Waals surface area (Å²) in [5.74, 6) is -0.452. The molecule has 1 aromatic carbocycles. The summed E-state index contributed by atoms with van der Waals surface area (Å²) in [4.78, 5) is 11.8. The molecule has 0 spiro atoms. The number of amides is 1. The van der Waals surface area contributed by atoms with Crippen molar-refractivity contribution in [2.45, 2.75) is 39.1 Å². The molecule has 0 bridgehead atoms. The average Bonchev–Trinajstić information content (AvgIpc) is 2.36. The van der Waals surface area contributed by atoms with Crippen LogP contribution in [-0.4, -0.2) is 29.0 Å². The van der Waals surface area contributed by atoms with E-state index in [0.29, 0.717) is 25.2 Å². The highest BCUT2D eigenvalue weighted by Gasteiger charge is 2.25. The first kappa shape index (κ1) is 15.7. The second-order valence-electron chi connectivity index (χ2n) is 5.20. The molecule has 0 saturated heterocycles. The number of aryl methyl sites for hydroxylation is 1. The molecular weight excluding hydrogens is 241 g/mol. The van der Waals surface area contributed by atoms with Gasteiger partial charge in [0.1, 0.15) is 0 Å². The van der Waals surface area contributed by atoms with Crippen LogP contribution >= 0.6 is 0 Å². The Morgan fingerprint density at radius 3 is 2.42 bits per heavy atom. The number of hydrogen-bond acceptors (Lipinski definition) is 3. The van der Waals surface area contributed by atoms with Crippen LogP contribution < -0.4 is 5.32 Å². The summed E-state index contributed by atoms with van der Waals surface area (Å²) in [6, 6.07) is 9.75. The van der Waals surface area contributed by atoms with Crippen molar-refractivity contribution in [3.05, 3.63) is 35.9 Å². The highest BCUT2D eigenvalue weighted by molar-refractivity contribution is 6.43. The van der Waals surface area contributed by atoms with Crippen LogP contribution in [0, 0.1) is 5.92 Å². The quantitative estimate of drug-likeness (QED) is 0.646. The third kappa shape index (κ3) is 6.41. The summed E-state index contributed by atoms with van der Waals surface area (Å²) in [6.07, 6.45) is 1.56. The van der Waals surface area contributed by atoms with Crippen molar-refractivity contribution in [2.75, 3.05) is 0 Å². The zero-order valence-corrected chi connectivity index (χ0v) is 11.5. The number of benzene rings is 1. The average molecular weight is 263 g/mol. The van der Waals surface area contributed by atoms with E-state index < -0.39 is 13.1 Å². The van der Waals surface area contributed by atoms with E-state index in [2.05, 4.69) is 5.32 Å². The third-order valence-electron chi connectivity index (χ3n) is 2.92. The molecule has 19 heavy (non-hydrogen) atoms. The van der Waals surface area contributed by atoms with Crippen molar-refractivity contribution in [1.82, 2.24) is 5.32 Å². The van der Waals surface area contributed by atoms with Crippen molar-refractivity contribution >= 4 is 13.0 Å². The molecule has 1 aromatic rings. The van der Waals surface area contributed by atoms with Gasteiger partial charge in [-0.3, -0.25) is 4.79 Å². The first-order valence-corrected chi connectivity index (χ1v) is 6.68. The Bertz CT molecular complexity index is 382. The molecule has 4 nitrogen and oxygen atoms in total. The van der Waals surface area contributed by atoms with Crippen LogP contribution in [0.1, 0.15) is 32.3 Å². The minimum absolute atomic E-state index is 0.150. The number of rotatable bonds is 7. The first-order chi connectivity index (χ1) is 8.99. The fourth-order valence-electron chi connectivity index (χ4n) is 1.94. The van der Waals surface area contributed by atoms with Gasteiger partial charge in [-0.05, 0) is 24.3 Å². The molecule has 0 aliphatic rings. The van der Waals surface area contributed by atoms with Crippen molar-refractivity contribution in [1.29, 1.82) is 0 Å². The van der Waals surface area contributed by atoms with Gasteiger partial charge in [0.15, 0.2) is 0 Å². The van der Waals surface area contributed by atoms with Crippen molar-refractivity contribution in [2.24, 2.45) is 5.92 Å². The second-order valence-corrected chi connectivity index (χ2v) is 5.20. The molecule has 3 N–H and O–H groups in total. The maximum atomic E-state index is 11.8. The molecule has 0 saturated carbocycles. The van der Waals surface area contributed by atoms with Gasteiger partial charge in [-0.2, -0.15) is 0 Å². The topological polar surface area (TPSA) is 69.6 Å². The van der Waals surface area contributed by atoms with Crippen LogP contribution in [0.5, 0.6) is 0 Å². The lowest BCUT2D eigenvalue weighted by Gasteiger charge is -2.19. The summed E-state index contributed by atoms with van der Waals surface area (Å²) in [5.41, 5.74) is 1.10. The molecule has 0 fully saturated rings. The summed E-state index contributed by atoms with van der Waals surface area (Å²) in [5, 5.41) is 21.2. The van der Waals surface area contributed by atoms with Crippen molar-refractivity contribution < 1.29 is 14.8 Å². The van der Waals surface area contributed by atoms with E-state index in [0.717, 1.165) is 5.56 Å².